The first kappa shape index (κ1) is 27.3. The van der Waals surface area contributed by atoms with E-state index in [2.05, 4.69) is 4.98 Å². The van der Waals surface area contributed by atoms with Crippen LogP contribution in [-0.4, -0.2) is 29.2 Å². The monoisotopic (exact) mass is 528 g/mol. The van der Waals surface area contributed by atoms with Crippen molar-refractivity contribution in [3.8, 4) is 5.75 Å². The summed E-state index contributed by atoms with van der Waals surface area (Å²) in [6.45, 7) is 7.21. The van der Waals surface area contributed by atoms with Gasteiger partial charge in [-0.3, -0.25) is 4.79 Å². The Morgan fingerprint density at radius 1 is 1.16 bits per heavy atom. The van der Waals surface area contributed by atoms with Crippen molar-refractivity contribution in [1.82, 2.24) is 4.98 Å². The third-order valence-electron chi connectivity index (χ3n) is 6.89. The maximum Gasteiger partial charge on any atom is 0.416 e. The van der Waals surface area contributed by atoms with E-state index in [9.17, 15) is 23.1 Å². The smallest absolute Gasteiger partial charge is 0.416 e. The molecule has 0 unspecified atom stereocenters. The van der Waals surface area contributed by atoms with Gasteiger partial charge in [0, 0.05) is 42.8 Å². The van der Waals surface area contributed by atoms with Crippen molar-refractivity contribution in [2.24, 2.45) is 0 Å². The van der Waals surface area contributed by atoms with E-state index in [1.54, 1.807) is 0 Å². The van der Waals surface area contributed by atoms with Crippen LogP contribution in [0, 0.1) is 6.92 Å². The van der Waals surface area contributed by atoms with Crippen LogP contribution in [0.4, 0.5) is 18.9 Å². The number of aromatic nitrogens is 1. The van der Waals surface area contributed by atoms with Gasteiger partial charge in [0.05, 0.1) is 17.9 Å². The van der Waals surface area contributed by atoms with Crippen molar-refractivity contribution in [1.29, 1.82) is 0 Å². The minimum absolute atomic E-state index is 0.00762. The number of fused-ring (bicyclic) bond motifs is 1. The molecule has 4 rings (SSSR count). The Morgan fingerprint density at radius 2 is 1.89 bits per heavy atom. The molecule has 38 heavy (non-hydrogen) atoms. The van der Waals surface area contributed by atoms with Crippen molar-refractivity contribution < 1.29 is 32.2 Å². The number of hydrogen-bond donors (Lipinski definition) is 1. The molecule has 0 radical (unpaired) electrons. The molecule has 0 amide bonds. The first-order valence-electron chi connectivity index (χ1n) is 12.6. The lowest BCUT2D eigenvalue weighted by Gasteiger charge is -2.33. The van der Waals surface area contributed by atoms with E-state index in [0.717, 1.165) is 51.6 Å². The molecule has 9 heteroatoms. The Kier molecular flexibility index (Phi) is 8.14. The van der Waals surface area contributed by atoms with E-state index >= 15 is 0 Å². The van der Waals surface area contributed by atoms with Crippen molar-refractivity contribution >= 4 is 17.2 Å². The maximum atomic E-state index is 13.0. The first-order valence-corrected chi connectivity index (χ1v) is 12.6. The number of benzene rings is 2. The lowest BCUT2D eigenvalue weighted by molar-refractivity contribution is -0.138. The third-order valence-corrected chi connectivity index (χ3v) is 6.89. The standard InChI is InChI=1S/C29H31F3N2O4/c1-4-18(2)28-33-25(19(3)38-28)14-16-37-26-11-5-20(6-12-27(35)36)24-17-34(15-13-23(24)26)22-9-7-21(8-10-22)29(30,31)32/h4-5,7-11H,6,12-17H2,1-3H3,(H,35,36)/b18-4+. The molecular weight excluding hydrogens is 497 g/mol. The van der Waals surface area contributed by atoms with Gasteiger partial charge in [-0.15, -0.1) is 0 Å². The number of hydrogen-bond acceptors (Lipinski definition) is 5. The van der Waals surface area contributed by atoms with Crippen molar-refractivity contribution in [2.75, 3.05) is 18.1 Å². The molecule has 1 aliphatic rings. The zero-order valence-corrected chi connectivity index (χ0v) is 21.7. The highest BCUT2D eigenvalue weighted by Crippen LogP contribution is 2.35. The van der Waals surface area contributed by atoms with Crippen LogP contribution in [0.2, 0.25) is 0 Å². The fourth-order valence-electron chi connectivity index (χ4n) is 4.61. The van der Waals surface area contributed by atoms with E-state index < -0.39 is 17.7 Å². The number of rotatable bonds is 9. The van der Waals surface area contributed by atoms with Crippen LogP contribution in [0.1, 0.15) is 59.9 Å². The Balaban J connectivity index is 1.53. The van der Waals surface area contributed by atoms with Gasteiger partial charge in [-0.05, 0) is 75.1 Å². The number of aryl methyl sites for hydroxylation is 2. The first-order chi connectivity index (χ1) is 18.1. The molecule has 0 saturated heterocycles. The van der Waals surface area contributed by atoms with Gasteiger partial charge in [0.25, 0.3) is 0 Å². The number of aliphatic carboxylic acids is 1. The van der Waals surface area contributed by atoms with Crippen LogP contribution < -0.4 is 9.64 Å². The molecule has 0 spiro atoms. The number of anilines is 1. The predicted molar refractivity (Wildman–Crippen MR) is 138 cm³/mol. The topological polar surface area (TPSA) is 75.8 Å². The second-order valence-electron chi connectivity index (χ2n) is 9.38. The van der Waals surface area contributed by atoms with Crippen LogP contribution in [-0.2, 0) is 36.8 Å². The highest BCUT2D eigenvalue weighted by molar-refractivity contribution is 5.67. The molecule has 2 heterocycles. The summed E-state index contributed by atoms with van der Waals surface area (Å²) in [7, 11) is 0. The second-order valence-corrected chi connectivity index (χ2v) is 9.38. The second kappa shape index (κ2) is 11.3. The Labute approximate surface area is 219 Å². The van der Waals surface area contributed by atoms with Crippen LogP contribution in [0.15, 0.2) is 46.9 Å². The lowest BCUT2D eigenvalue weighted by Crippen LogP contribution is -2.31. The number of carbonyl (C=O) groups is 1. The van der Waals surface area contributed by atoms with Gasteiger partial charge in [-0.2, -0.15) is 13.2 Å². The van der Waals surface area contributed by atoms with Crippen LogP contribution >= 0.6 is 0 Å². The van der Waals surface area contributed by atoms with Crippen molar-refractivity contribution in [3.63, 3.8) is 0 Å². The van der Waals surface area contributed by atoms with Gasteiger partial charge in [0.1, 0.15) is 11.5 Å². The summed E-state index contributed by atoms with van der Waals surface area (Å²) in [5.74, 6) is 1.20. The summed E-state index contributed by atoms with van der Waals surface area (Å²) in [6.07, 6.45) is -0.894. The summed E-state index contributed by atoms with van der Waals surface area (Å²) >= 11 is 0. The van der Waals surface area contributed by atoms with Gasteiger partial charge >= 0.3 is 12.1 Å². The summed E-state index contributed by atoms with van der Waals surface area (Å²) in [6, 6.07) is 8.91. The van der Waals surface area contributed by atoms with Crippen molar-refractivity contribution in [3.05, 3.63) is 82.1 Å². The molecule has 1 aliphatic heterocycles. The normalized spacial score (nSPS) is 13.9. The fraction of sp³-hybridized carbons (Fsp3) is 0.379. The highest BCUT2D eigenvalue weighted by atomic mass is 19.4. The summed E-state index contributed by atoms with van der Waals surface area (Å²) in [5.41, 5.74) is 4.69. The number of oxazole rings is 1. The molecule has 0 fully saturated rings. The van der Waals surface area contributed by atoms with Crippen LogP contribution in [0.5, 0.6) is 5.75 Å². The number of alkyl halides is 3. The van der Waals surface area contributed by atoms with Gasteiger partial charge in [-0.25, -0.2) is 4.98 Å². The average molecular weight is 529 g/mol. The number of carboxylic acids is 1. The third kappa shape index (κ3) is 6.20. The molecule has 6 nitrogen and oxygen atoms in total. The lowest BCUT2D eigenvalue weighted by atomic mass is 9.91. The van der Waals surface area contributed by atoms with Gasteiger partial charge < -0.3 is 19.2 Å². The Morgan fingerprint density at radius 3 is 2.55 bits per heavy atom. The minimum atomic E-state index is -4.39. The van der Waals surface area contributed by atoms with E-state index in [4.69, 9.17) is 9.15 Å². The Bertz CT molecular complexity index is 1330. The molecule has 1 N–H and O–H groups in total. The molecule has 0 atom stereocenters. The van der Waals surface area contributed by atoms with Crippen LogP contribution in [0.3, 0.4) is 0 Å². The fourth-order valence-corrected chi connectivity index (χ4v) is 4.61. The predicted octanol–water partition coefficient (Wildman–Crippen LogP) is 6.63. The van der Waals surface area contributed by atoms with E-state index in [1.165, 1.54) is 12.1 Å². The van der Waals surface area contributed by atoms with E-state index in [-0.39, 0.29) is 6.42 Å². The number of allylic oxidation sites excluding steroid dienone is 2. The molecule has 0 aliphatic carbocycles. The van der Waals surface area contributed by atoms with E-state index in [1.807, 2.05) is 43.9 Å². The zero-order chi connectivity index (χ0) is 27.4. The number of nitrogens with zero attached hydrogens (tertiary/aromatic N) is 2. The molecule has 2 aromatic carbocycles. The number of ether oxygens (including phenoxy) is 1. The average Bonchev–Trinajstić information content (AvgIpc) is 3.27. The SMILES string of the molecule is C/C=C(\C)c1nc(CCOc2ccc(CCC(=O)O)c3c2CCN(c2ccc(C(F)(F)F)cc2)C3)c(C)o1. The summed E-state index contributed by atoms with van der Waals surface area (Å²) < 4.78 is 50.9. The van der Waals surface area contributed by atoms with Crippen LogP contribution in [0.25, 0.3) is 5.57 Å². The largest absolute Gasteiger partial charge is 0.493 e. The molecule has 202 valence electrons. The Hall–Kier alpha value is -3.75. The van der Waals surface area contributed by atoms with E-state index in [0.29, 0.717) is 50.5 Å². The summed E-state index contributed by atoms with van der Waals surface area (Å²) in [5, 5.41) is 9.21. The quantitative estimate of drug-likeness (QED) is 0.336. The molecule has 3 aromatic rings. The van der Waals surface area contributed by atoms with Crippen molar-refractivity contribution in [2.45, 2.75) is 59.2 Å². The molecular formula is C29H31F3N2O4. The number of halogens is 3. The minimum Gasteiger partial charge on any atom is -0.493 e. The maximum absolute atomic E-state index is 13.0. The zero-order valence-electron chi connectivity index (χ0n) is 21.7. The molecule has 0 bridgehead atoms. The van der Waals surface area contributed by atoms with Gasteiger partial charge in [0.2, 0.25) is 5.89 Å². The molecule has 0 saturated carbocycles. The number of carboxylic acid groups (broad SMARTS) is 1. The summed E-state index contributed by atoms with van der Waals surface area (Å²) in [4.78, 5) is 17.8. The van der Waals surface area contributed by atoms with Gasteiger partial charge in [0.15, 0.2) is 0 Å². The highest BCUT2D eigenvalue weighted by Gasteiger charge is 2.30. The molecule has 1 aromatic heterocycles. The van der Waals surface area contributed by atoms with Gasteiger partial charge in [-0.1, -0.05) is 12.1 Å².